The average molecular weight is 614 g/mol. The van der Waals surface area contributed by atoms with Crippen molar-refractivity contribution in [2.24, 2.45) is 5.10 Å². The lowest BCUT2D eigenvalue weighted by atomic mass is 10.2. The fraction of sp³-hybridized carbons (Fsp3) is 0.0476. The Labute approximate surface area is 193 Å². The smallest absolute Gasteiger partial charge is 0.271 e. The van der Waals surface area contributed by atoms with Crippen LogP contribution in [0.25, 0.3) is 0 Å². The Morgan fingerprint density at radius 3 is 2.32 bits per heavy atom. The van der Waals surface area contributed by atoms with Crippen molar-refractivity contribution in [3.8, 4) is 5.75 Å². The van der Waals surface area contributed by atoms with E-state index in [4.69, 9.17) is 4.74 Å². The molecular weight excluding hydrogens is 599 g/mol. The van der Waals surface area contributed by atoms with Gasteiger partial charge in [0, 0.05) is 9.13 Å². The molecule has 0 bridgehead atoms. The number of amides is 1. The van der Waals surface area contributed by atoms with E-state index in [-0.39, 0.29) is 5.91 Å². The lowest BCUT2D eigenvalue weighted by molar-refractivity contribution is 0.0955. The summed E-state index contributed by atoms with van der Waals surface area (Å²) in [7, 11) is 0. The molecular formula is C21H15Br2IN2O2. The molecule has 1 N–H and O–H groups in total. The van der Waals surface area contributed by atoms with Gasteiger partial charge >= 0.3 is 0 Å². The minimum atomic E-state index is -0.256. The van der Waals surface area contributed by atoms with E-state index in [2.05, 4.69) is 65.0 Å². The Balaban J connectivity index is 1.64. The van der Waals surface area contributed by atoms with Gasteiger partial charge in [-0.2, -0.15) is 5.10 Å². The zero-order valence-electron chi connectivity index (χ0n) is 14.5. The molecule has 0 aliphatic rings. The zero-order valence-corrected chi connectivity index (χ0v) is 19.9. The summed E-state index contributed by atoms with van der Waals surface area (Å²) in [5.74, 6) is 0.456. The van der Waals surface area contributed by atoms with Crippen LogP contribution in [0.5, 0.6) is 5.75 Å². The van der Waals surface area contributed by atoms with Gasteiger partial charge in [0.15, 0.2) is 0 Å². The van der Waals surface area contributed by atoms with Gasteiger partial charge in [0.05, 0.1) is 15.2 Å². The number of nitrogens with one attached hydrogen (secondary N) is 1. The molecule has 0 spiro atoms. The molecule has 142 valence electrons. The maximum atomic E-state index is 12.1. The predicted molar refractivity (Wildman–Crippen MR) is 127 cm³/mol. The van der Waals surface area contributed by atoms with Crippen molar-refractivity contribution < 1.29 is 9.53 Å². The first kappa shape index (κ1) is 21.0. The fourth-order valence-corrected chi connectivity index (χ4v) is 4.16. The Morgan fingerprint density at radius 2 is 1.68 bits per heavy atom. The first-order valence-electron chi connectivity index (χ1n) is 8.27. The number of hydrogen-bond acceptors (Lipinski definition) is 3. The maximum Gasteiger partial charge on any atom is 0.271 e. The van der Waals surface area contributed by atoms with E-state index in [0.717, 1.165) is 23.6 Å². The van der Waals surface area contributed by atoms with Gasteiger partial charge in [0.2, 0.25) is 0 Å². The second-order valence-corrected chi connectivity index (χ2v) is 8.75. The second-order valence-electron chi connectivity index (χ2n) is 5.79. The van der Waals surface area contributed by atoms with Gasteiger partial charge in [-0.05, 0) is 102 Å². The van der Waals surface area contributed by atoms with Crippen LogP contribution in [0, 0.1) is 3.57 Å². The number of carbonyl (C=O) groups excluding carboxylic acids is 1. The van der Waals surface area contributed by atoms with Crippen molar-refractivity contribution in [2.75, 3.05) is 0 Å². The molecule has 0 aliphatic carbocycles. The normalized spacial score (nSPS) is 10.8. The Morgan fingerprint density at radius 1 is 1.04 bits per heavy atom. The predicted octanol–water partition coefficient (Wildman–Crippen LogP) is 6.16. The summed E-state index contributed by atoms with van der Waals surface area (Å²) in [4.78, 5) is 12.1. The van der Waals surface area contributed by atoms with Crippen LogP contribution in [0.3, 0.4) is 0 Å². The molecule has 7 heteroatoms. The van der Waals surface area contributed by atoms with E-state index in [1.807, 2.05) is 54.6 Å². The average Bonchev–Trinajstić information content (AvgIpc) is 2.68. The third kappa shape index (κ3) is 5.89. The molecule has 0 saturated heterocycles. The molecule has 0 unspecified atom stereocenters. The Bertz CT molecular complexity index is 970. The minimum Gasteiger partial charge on any atom is -0.487 e. The largest absolute Gasteiger partial charge is 0.487 e. The molecule has 1 amide bonds. The number of carbonyl (C=O) groups is 1. The summed E-state index contributed by atoms with van der Waals surface area (Å²) in [6, 6.07) is 21.0. The van der Waals surface area contributed by atoms with Crippen molar-refractivity contribution in [1.82, 2.24) is 5.43 Å². The topological polar surface area (TPSA) is 50.7 Å². The van der Waals surface area contributed by atoms with Gasteiger partial charge in [-0.15, -0.1) is 0 Å². The van der Waals surface area contributed by atoms with Crippen LogP contribution >= 0.6 is 54.5 Å². The molecule has 3 rings (SSSR count). The molecule has 0 atom stereocenters. The van der Waals surface area contributed by atoms with Gasteiger partial charge in [0.25, 0.3) is 5.91 Å². The molecule has 28 heavy (non-hydrogen) atoms. The third-order valence-corrected chi connectivity index (χ3v) is 5.63. The summed E-state index contributed by atoms with van der Waals surface area (Å²) in [5.41, 5.74) is 4.99. The molecule has 0 aromatic heterocycles. The summed E-state index contributed by atoms with van der Waals surface area (Å²) < 4.78 is 8.57. The Kier molecular flexibility index (Phi) is 7.64. The highest BCUT2D eigenvalue weighted by molar-refractivity contribution is 14.1. The van der Waals surface area contributed by atoms with Gasteiger partial charge < -0.3 is 4.74 Å². The van der Waals surface area contributed by atoms with E-state index < -0.39 is 0 Å². The number of hydrazone groups is 1. The fourth-order valence-electron chi connectivity index (χ4n) is 2.35. The number of nitrogens with zero attached hydrogens (tertiary/aromatic N) is 1. The molecule has 0 aliphatic heterocycles. The lowest BCUT2D eigenvalue weighted by Crippen LogP contribution is -2.17. The molecule has 3 aromatic rings. The van der Waals surface area contributed by atoms with Crippen LogP contribution in [-0.2, 0) is 6.61 Å². The van der Waals surface area contributed by atoms with Gasteiger partial charge in [-0.25, -0.2) is 5.43 Å². The highest BCUT2D eigenvalue weighted by Gasteiger charge is 2.09. The quantitative estimate of drug-likeness (QED) is 0.206. The van der Waals surface area contributed by atoms with Crippen molar-refractivity contribution in [3.05, 3.63) is 95.9 Å². The highest BCUT2D eigenvalue weighted by Crippen LogP contribution is 2.35. The molecule has 0 fully saturated rings. The molecule has 0 saturated carbocycles. The van der Waals surface area contributed by atoms with E-state index >= 15 is 0 Å². The summed E-state index contributed by atoms with van der Waals surface area (Å²) >= 11 is 9.26. The number of ether oxygens (including phenoxy) is 1. The number of rotatable bonds is 6. The first-order valence-corrected chi connectivity index (χ1v) is 10.9. The van der Waals surface area contributed by atoms with Crippen LogP contribution in [-0.4, -0.2) is 12.1 Å². The number of hydrogen-bond donors (Lipinski definition) is 1. The van der Waals surface area contributed by atoms with Crippen molar-refractivity contribution in [1.29, 1.82) is 0 Å². The van der Waals surface area contributed by atoms with Gasteiger partial charge in [-0.3, -0.25) is 4.79 Å². The van der Waals surface area contributed by atoms with Crippen LogP contribution < -0.4 is 10.2 Å². The molecule has 4 nitrogen and oxygen atoms in total. The van der Waals surface area contributed by atoms with Crippen molar-refractivity contribution in [3.63, 3.8) is 0 Å². The summed E-state index contributed by atoms with van der Waals surface area (Å²) in [6.45, 7) is 0.470. The van der Waals surface area contributed by atoms with Crippen LogP contribution in [0.4, 0.5) is 0 Å². The first-order chi connectivity index (χ1) is 13.5. The van der Waals surface area contributed by atoms with E-state index in [1.165, 1.54) is 0 Å². The van der Waals surface area contributed by atoms with Crippen LogP contribution in [0.15, 0.2) is 80.8 Å². The molecule has 3 aromatic carbocycles. The maximum absolute atomic E-state index is 12.1. The van der Waals surface area contributed by atoms with E-state index in [9.17, 15) is 4.79 Å². The van der Waals surface area contributed by atoms with Crippen molar-refractivity contribution in [2.45, 2.75) is 6.61 Å². The van der Waals surface area contributed by atoms with E-state index in [0.29, 0.717) is 17.9 Å². The van der Waals surface area contributed by atoms with Crippen LogP contribution in [0.2, 0.25) is 0 Å². The zero-order chi connectivity index (χ0) is 19.9. The van der Waals surface area contributed by atoms with Crippen LogP contribution in [0.1, 0.15) is 21.5 Å². The van der Waals surface area contributed by atoms with Crippen molar-refractivity contribution >= 4 is 66.6 Å². The van der Waals surface area contributed by atoms with Gasteiger partial charge in [-0.1, -0.05) is 30.3 Å². The third-order valence-electron chi connectivity index (χ3n) is 3.73. The van der Waals surface area contributed by atoms with E-state index in [1.54, 1.807) is 18.3 Å². The molecule has 0 radical (unpaired) electrons. The standard InChI is InChI=1S/C21H15Br2IN2O2/c22-18-10-15(12-25-26-21(27)16-6-8-17(24)9-7-16)11-19(23)20(18)28-13-14-4-2-1-3-5-14/h1-12H,13H2,(H,26,27)/b25-12-. The van der Waals surface area contributed by atoms with Gasteiger partial charge in [0.1, 0.15) is 12.4 Å². The second kappa shape index (κ2) is 10.2. The number of halogens is 3. The Hall–Kier alpha value is -1.71. The summed E-state index contributed by atoms with van der Waals surface area (Å²) in [6.07, 6.45) is 1.58. The summed E-state index contributed by atoms with van der Waals surface area (Å²) in [5, 5.41) is 4.04. The number of benzene rings is 3. The molecule has 0 heterocycles. The highest BCUT2D eigenvalue weighted by atomic mass is 127. The lowest BCUT2D eigenvalue weighted by Gasteiger charge is -2.11. The minimum absolute atomic E-state index is 0.256. The SMILES string of the molecule is O=C(N/N=C\c1cc(Br)c(OCc2ccccc2)c(Br)c1)c1ccc(I)cc1. The monoisotopic (exact) mass is 612 g/mol.